The topological polar surface area (TPSA) is 66.5 Å². The first-order valence-corrected chi connectivity index (χ1v) is 13.4. The third-order valence-corrected chi connectivity index (χ3v) is 7.81. The Labute approximate surface area is 217 Å². The first kappa shape index (κ1) is 26.6. The van der Waals surface area contributed by atoms with Crippen LogP contribution in [0.3, 0.4) is 0 Å². The number of pyridine rings is 1. The van der Waals surface area contributed by atoms with Crippen molar-refractivity contribution in [2.24, 2.45) is 5.92 Å². The van der Waals surface area contributed by atoms with Gasteiger partial charge in [0.2, 0.25) is 0 Å². The predicted octanol–water partition coefficient (Wildman–Crippen LogP) is 5.27. The average Bonchev–Trinajstić information content (AvgIpc) is 2.81. The number of anilines is 1. The molecule has 1 aromatic carbocycles. The summed E-state index contributed by atoms with van der Waals surface area (Å²) in [5.74, 6) is 0.444. The molecule has 2 aliphatic rings. The molecule has 2 N–H and O–H groups in total. The molecule has 196 valence electrons. The summed E-state index contributed by atoms with van der Waals surface area (Å²) in [6.07, 6.45) is 5.98. The van der Waals surface area contributed by atoms with Crippen molar-refractivity contribution in [3.63, 3.8) is 0 Å². The number of carbonyl (C=O) groups excluding carboxylic acids is 1. The highest BCUT2D eigenvalue weighted by Crippen LogP contribution is 2.34. The molecule has 0 bridgehead atoms. The summed E-state index contributed by atoms with van der Waals surface area (Å²) in [6.45, 7) is 15.3. The molecular formula is C30H44N4O2. The molecule has 6 heteroatoms. The highest BCUT2D eigenvalue weighted by atomic mass is 16.5. The van der Waals surface area contributed by atoms with Crippen molar-refractivity contribution < 1.29 is 9.53 Å². The molecule has 6 nitrogen and oxygen atoms in total. The number of rotatable bonds is 6. The van der Waals surface area contributed by atoms with Crippen LogP contribution in [0, 0.1) is 19.8 Å². The van der Waals surface area contributed by atoms with Gasteiger partial charge >= 0.3 is 0 Å². The fourth-order valence-electron chi connectivity index (χ4n) is 6.39. The molecule has 0 aliphatic carbocycles. The van der Waals surface area contributed by atoms with Gasteiger partial charge in [0.1, 0.15) is 0 Å². The maximum absolute atomic E-state index is 13.6. The van der Waals surface area contributed by atoms with Crippen LogP contribution in [0.5, 0.6) is 0 Å². The monoisotopic (exact) mass is 492 g/mol. The van der Waals surface area contributed by atoms with E-state index in [1.807, 2.05) is 25.3 Å². The van der Waals surface area contributed by atoms with Crippen molar-refractivity contribution >= 4 is 11.6 Å². The molecule has 0 unspecified atom stereocenters. The smallest absolute Gasteiger partial charge is 0.251 e. The van der Waals surface area contributed by atoms with Gasteiger partial charge < -0.3 is 20.3 Å². The maximum Gasteiger partial charge on any atom is 0.251 e. The quantitative estimate of drug-likeness (QED) is 0.575. The number of carbonyl (C=O) groups is 1. The molecule has 0 spiro atoms. The molecule has 2 saturated heterocycles. The highest BCUT2D eigenvalue weighted by Gasteiger charge is 2.37. The molecule has 0 saturated carbocycles. The van der Waals surface area contributed by atoms with E-state index in [4.69, 9.17) is 4.74 Å². The van der Waals surface area contributed by atoms with E-state index in [0.717, 1.165) is 72.5 Å². The molecule has 2 aliphatic heterocycles. The van der Waals surface area contributed by atoms with Crippen LogP contribution in [0.15, 0.2) is 30.5 Å². The summed E-state index contributed by atoms with van der Waals surface area (Å²) in [6, 6.07) is 8.77. The highest BCUT2D eigenvalue weighted by molar-refractivity contribution is 5.98. The van der Waals surface area contributed by atoms with Crippen molar-refractivity contribution in [3.05, 3.63) is 47.3 Å². The number of hydrogen-bond donors (Lipinski definition) is 2. The maximum atomic E-state index is 13.6. The van der Waals surface area contributed by atoms with Gasteiger partial charge in [-0.3, -0.25) is 9.78 Å². The molecule has 1 amide bonds. The number of hydrogen-bond acceptors (Lipinski definition) is 5. The Bertz CT molecular complexity index is 1060. The third-order valence-electron chi connectivity index (χ3n) is 7.81. The number of benzene rings is 1. The first-order valence-electron chi connectivity index (χ1n) is 13.4. The zero-order chi connectivity index (χ0) is 26.1. The summed E-state index contributed by atoms with van der Waals surface area (Å²) in [5.41, 5.74) is 6.03. The van der Waals surface area contributed by atoms with Gasteiger partial charge in [0.15, 0.2) is 0 Å². The summed E-state index contributed by atoms with van der Waals surface area (Å²) >= 11 is 0. The summed E-state index contributed by atoms with van der Waals surface area (Å²) in [4.78, 5) is 20.5. The van der Waals surface area contributed by atoms with Gasteiger partial charge in [-0.05, 0) is 102 Å². The normalized spacial score (nSPS) is 20.2. The largest absolute Gasteiger partial charge is 0.381 e. The second kappa shape index (κ2) is 10.5. The molecule has 0 atom stereocenters. The van der Waals surface area contributed by atoms with Crippen LogP contribution in [0.4, 0.5) is 5.69 Å². The Balaban J connectivity index is 1.62. The van der Waals surface area contributed by atoms with Crippen molar-refractivity contribution in [3.8, 4) is 11.1 Å². The van der Waals surface area contributed by atoms with Crippen molar-refractivity contribution in [1.29, 1.82) is 0 Å². The minimum atomic E-state index is 0.00481. The van der Waals surface area contributed by atoms with Crippen LogP contribution in [0.2, 0.25) is 0 Å². The number of nitrogens with one attached hydrogen (secondary N) is 2. The Hall–Kier alpha value is -2.44. The van der Waals surface area contributed by atoms with E-state index in [1.54, 1.807) is 0 Å². The lowest BCUT2D eigenvalue weighted by atomic mass is 9.76. The average molecular weight is 493 g/mol. The minimum Gasteiger partial charge on any atom is -0.381 e. The molecular weight excluding hydrogens is 448 g/mol. The number of aromatic nitrogens is 1. The van der Waals surface area contributed by atoms with Gasteiger partial charge in [-0.1, -0.05) is 6.07 Å². The van der Waals surface area contributed by atoms with Gasteiger partial charge in [-0.25, -0.2) is 0 Å². The van der Waals surface area contributed by atoms with E-state index in [2.05, 4.69) is 74.3 Å². The molecule has 1 aromatic heterocycles. The van der Waals surface area contributed by atoms with Crippen LogP contribution >= 0.6 is 0 Å². The molecule has 0 radical (unpaired) electrons. The van der Waals surface area contributed by atoms with E-state index >= 15 is 0 Å². The lowest BCUT2D eigenvalue weighted by Gasteiger charge is -2.46. The van der Waals surface area contributed by atoms with Crippen LogP contribution in [0.25, 0.3) is 11.1 Å². The Morgan fingerprint density at radius 1 is 1.08 bits per heavy atom. The Morgan fingerprint density at radius 3 is 2.36 bits per heavy atom. The van der Waals surface area contributed by atoms with Gasteiger partial charge in [-0.2, -0.15) is 0 Å². The van der Waals surface area contributed by atoms with E-state index in [9.17, 15) is 4.79 Å². The van der Waals surface area contributed by atoms with Gasteiger partial charge in [0, 0.05) is 72.6 Å². The van der Waals surface area contributed by atoms with E-state index in [1.165, 1.54) is 0 Å². The standard InChI is InChI=1S/C30H44N4O2/c1-20-8-9-23(19-31-20)24-14-26(21(2)27(15-24)34(7)25-10-12-36-13-11-25)28(35)32-18-22-16-29(3,4)33-30(5,6)17-22/h8-9,14-15,19,22,25,33H,10-13,16-18H2,1-7H3,(H,32,35). The van der Waals surface area contributed by atoms with Crippen molar-refractivity contribution in [2.45, 2.75) is 84.3 Å². The third kappa shape index (κ3) is 6.27. The minimum absolute atomic E-state index is 0.00481. The van der Waals surface area contributed by atoms with Crippen LogP contribution in [-0.4, -0.2) is 54.8 Å². The van der Waals surface area contributed by atoms with E-state index in [0.29, 0.717) is 18.5 Å². The van der Waals surface area contributed by atoms with Gasteiger partial charge in [0.25, 0.3) is 5.91 Å². The SMILES string of the molecule is Cc1ccc(-c2cc(C(=O)NCC3CC(C)(C)NC(C)(C)C3)c(C)c(N(C)C3CCOCC3)c2)cn1. The second-order valence-electron chi connectivity index (χ2n) is 12.2. The Morgan fingerprint density at radius 2 is 1.75 bits per heavy atom. The van der Waals surface area contributed by atoms with Crippen LogP contribution in [0.1, 0.15) is 75.0 Å². The number of ether oxygens (including phenoxy) is 1. The molecule has 4 rings (SSSR count). The Kier molecular flexibility index (Phi) is 7.77. The molecule has 2 aromatic rings. The zero-order valence-corrected chi connectivity index (χ0v) is 23.2. The fraction of sp³-hybridized carbons (Fsp3) is 0.600. The van der Waals surface area contributed by atoms with E-state index in [-0.39, 0.29) is 17.0 Å². The first-order chi connectivity index (χ1) is 16.9. The van der Waals surface area contributed by atoms with Crippen LogP contribution < -0.4 is 15.5 Å². The number of nitrogens with zero attached hydrogens (tertiary/aromatic N) is 2. The molecule has 3 heterocycles. The van der Waals surface area contributed by atoms with Crippen molar-refractivity contribution in [1.82, 2.24) is 15.6 Å². The van der Waals surface area contributed by atoms with Gasteiger partial charge in [0.05, 0.1) is 0 Å². The predicted molar refractivity (Wildman–Crippen MR) is 148 cm³/mol. The lowest BCUT2D eigenvalue weighted by Crippen LogP contribution is -2.59. The van der Waals surface area contributed by atoms with Crippen LogP contribution in [-0.2, 0) is 4.74 Å². The summed E-state index contributed by atoms with van der Waals surface area (Å²) < 4.78 is 5.60. The second-order valence-corrected chi connectivity index (χ2v) is 12.2. The summed E-state index contributed by atoms with van der Waals surface area (Å²) in [5, 5.41) is 7.04. The zero-order valence-electron chi connectivity index (χ0n) is 23.2. The molecule has 2 fully saturated rings. The van der Waals surface area contributed by atoms with Crippen molar-refractivity contribution in [2.75, 3.05) is 31.7 Å². The number of piperidine rings is 1. The fourth-order valence-corrected chi connectivity index (χ4v) is 6.39. The summed E-state index contributed by atoms with van der Waals surface area (Å²) in [7, 11) is 2.15. The number of aryl methyl sites for hydroxylation is 1. The number of amides is 1. The lowest BCUT2D eigenvalue weighted by molar-refractivity contribution is 0.0854. The van der Waals surface area contributed by atoms with Gasteiger partial charge in [-0.15, -0.1) is 0 Å². The van der Waals surface area contributed by atoms with E-state index < -0.39 is 0 Å². The molecule has 36 heavy (non-hydrogen) atoms.